The number of hydrogen-bond acceptors (Lipinski definition) is 4. The number of aromatic nitrogens is 1. The summed E-state index contributed by atoms with van der Waals surface area (Å²) >= 11 is 0. The van der Waals surface area contributed by atoms with Crippen LogP contribution < -0.4 is 5.32 Å². The zero-order chi connectivity index (χ0) is 12.7. The molecule has 0 spiro atoms. The summed E-state index contributed by atoms with van der Waals surface area (Å²) in [6.45, 7) is 5.04. The Morgan fingerprint density at radius 3 is 2.88 bits per heavy atom. The molecule has 0 aliphatic carbocycles. The highest BCUT2D eigenvalue weighted by molar-refractivity contribution is 5.95. The van der Waals surface area contributed by atoms with Crippen LogP contribution in [0.5, 0.6) is 0 Å². The number of carbonyl (C=O) groups is 1. The van der Waals surface area contributed by atoms with Crippen molar-refractivity contribution in [2.45, 2.75) is 26.4 Å². The Hall–Kier alpha value is -1.26. The van der Waals surface area contributed by atoms with Crippen LogP contribution in [-0.2, 0) is 0 Å². The molecule has 17 heavy (non-hydrogen) atoms. The Morgan fingerprint density at radius 2 is 2.29 bits per heavy atom. The molecule has 94 valence electrons. The Bertz CT molecular complexity index is 339. The van der Waals surface area contributed by atoms with E-state index in [2.05, 4.69) is 10.3 Å². The first-order valence-corrected chi connectivity index (χ1v) is 5.93. The van der Waals surface area contributed by atoms with Gasteiger partial charge in [0.2, 0.25) is 0 Å². The summed E-state index contributed by atoms with van der Waals surface area (Å²) in [7, 11) is 0. The van der Waals surface area contributed by atoms with Crippen LogP contribution in [0.1, 0.15) is 30.6 Å². The summed E-state index contributed by atoms with van der Waals surface area (Å²) in [5.74, 6) is 0.307. The van der Waals surface area contributed by atoms with Crippen LogP contribution in [0.15, 0.2) is 24.5 Å². The van der Waals surface area contributed by atoms with E-state index in [0.29, 0.717) is 25.1 Å². The predicted molar refractivity (Wildman–Crippen MR) is 66.9 cm³/mol. The van der Waals surface area contributed by atoms with Gasteiger partial charge in [-0.25, -0.2) is 0 Å². The second-order valence-electron chi connectivity index (χ2n) is 4.43. The largest absolute Gasteiger partial charge is 0.392 e. The van der Waals surface area contributed by atoms with Crippen molar-refractivity contribution in [1.29, 1.82) is 0 Å². The van der Waals surface area contributed by atoms with Gasteiger partial charge in [-0.1, -0.05) is 13.8 Å². The molecule has 0 saturated carbocycles. The third kappa shape index (κ3) is 5.06. The van der Waals surface area contributed by atoms with Crippen molar-refractivity contribution in [3.63, 3.8) is 0 Å². The average molecular weight is 236 g/mol. The second-order valence-corrected chi connectivity index (χ2v) is 4.43. The minimum atomic E-state index is -0.358. The molecule has 4 heteroatoms. The molecule has 1 aromatic heterocycles. The van der Waals surface area contributed by atoms with Gasteiger partial charge in [0.25, 0.3) is 0 Å². The van der Waals surface area contributed by atoms with Gasteiger partial charge in [-0.05, 0) is 18.1 Å². The smallest absolute Gasteiger partial charge is 0.165 e. The van der Waals surface area contributed by atoms with E-state index in [-0.39, 0.29) is 17.8 Å². The van der Waals surface area contributed by atoms with Crippen LogP contribution in [0, 0.1) is 5.92 Å². The first-order chi connectivity index (χ1) is 8.11. The van der Waals surface area contributed by atoms with Gasteiger partial charge >= 0.3 is 0 Å². The number of nitrogens with zero attached hydrogens (tertiary/aromatic N) is 1. The molecule has 0 aliphatic rings. The van der Waals surface area contributed by atoms with Gasteiger partial charge < -0.3 is 10.4 Å². The molecule has 1 aromatic rings. The number of aliphatic hydroxyl groups excluding tert-OH is 1. The maximum absolute atomic E-state index is 11.7. The van der Waals surface area contributed by atoms with Gasteiger partial charge in [0.1, 0.15) is 0 Å². The van der Waals surface area contributed by atoms with Gasteiger partial charge in [0, 0.05) is 37.5 Å². The number of nitrogens with one attached hydrogen (secondary N) is 1. The lowest BCUT2D eigenvalue weighted by Crippen LogP contribution is -2.31. The summed E-state index contributed by atoms with van der Waals surface area (Å²) < 4.78 is 0. The Morgan fingerprint density at radius 1 is 1.53 bits per heavy atom. The molecule has 1 atom stereocenters. The Balaban J connectivity index is 2.22. The van der Waals surface area contributed by atoms with E-state index in [1.54, 1.807) is 24.5 Å². The van der Waals surface area contributed by atoms with Crippen LogP contribution in [0.25, 0.3) is 0 Å². The molecule has 4 nitrogen and oxygen atoms in total. The van der Waals surface area contributed by atoms with Crippen LogP contribution in [-0.4, -0.2) is 35.1 Å². The SMILES string of the molecule is CC(C)C(O)CNCCC(=O)c1cccnc1. The van der Waals surface area contributed by atoms with E-state index in [4.69, 9.17) is 0 Å². The van der Waals surface area contributed by atoms with Gasteiger partial charge in [-0.2, -0.15) is 0 Å². The van der Waals surface area contributed by atoms with Crippen molar-refractivity contribution in [3.05, 3.63) is 30.1 Å². The molecule has 1 heterocycles. The highest BCUT2D eigenvalue weighted by Gasteiger charge is 2.09. The van der Waals surface area contributed by atoms with Gasteiger partial charge in [-0.15, -0.1) is 0 Å². The fourth-order valence-corrected chi connectivity index (χ4v) is 1.36. The highest BCUT2D eigenvalue weighted by Crippen LogP contribution is 2.01. The van der Waals surface area contributed by atoms with Crippen LogP contribution >= 0.6 is 0 Å². The lowest BCUT2D eigenvalue weighted by molar-refractivity contribution is 0.0973. The monoisotopic (exact) mass is 236 g/mol. The summed E-state index contributed by atoms with van der Waals surface area (Å²) in [5, 5.41) is 12.6. The highest BCUT2D eigenvalue weighted by atomic mass is 16.3. The average Bonchev–Trinajstić information content (AvgIpc) is 2.35. The Kier molecular flexibility index (Phi) is 5.80. The molecule has 0 aromatic carbocycles. The molecule has 0 bridgehead atoms. The molecule has 1 unspecified atom stereocenters. The minimum absolute atomic E-state index is 0.0737. The number of ketones is 1. The summed E-state index contributed by atoms with van der Waals surface area (Å²) in [6, 6.07) is 3.52. The molecular formula is C13H20N2O2. The van der Waals surface area contributed by atoms with Crippen LogP contribution in [0.2, 0.25) is 0 Å². The minimum Gasteiger partial charge on any atom is -0.392 e. The Labute approximate surface area is 102 Å². The number of hydrogen-bond donors (Lipinski definition) is 2. The van der Waals surface area contributed by atoms with E-state index in [0.717, 1.165) is 0 Å². The number of aliphatic hydroxyl groups is 1. The van der Waals surface area contributed by atoms with Gasteiger partial charge in [-0.3, -0.25) is 9.78 Å². The van der Waals surface area contributed by atoms with E-state index in [1.165, 1.54) is 0 Å². The maximum atomic E-state index is 11.7. The van der Waals surface area contributed by atoms with E-state index in [9.17, 15) is 9.90 Å². The first-order valence-electron chi connectivity index (χ1n) is 5.93. The lowest BCUT2D eigenvalue weighted by atomic mass is 10.1. The topological polar surface area (TPSA) is 62.2 Å². The molecule has 0 saturated heterocycles. The van der Waals surface area contributed by atoms with E-state index in [1.807, 2.05) is 13.8 Å². The number of Topliss-reactive ketones (excluding diaryl/α,β-unsaturated/α-hetero) is 1. The molecule has 0 amide bonds. The van der Waals surface area contributed by atoms with E-state index >= 15 is 0 Å². The molecule has 1 rings (SSSR count). The third-order valence-electron chi connectivity index (χ3n) is 2.64. The van der Waals surface area contributed by atoms with Crippen molar-refractivity contribution < 1.29 is 9.90 Å². The maximum Gasteiger partial charge on any atom is 0.165 e. The molecule has 2 N–H and O–H groups in total. The standard InChI is InChI=1S/C13H20N2O2/c1-10(2)13(17)9-15-7-5-12(16)11-4-3-6-14-8-11/h3-4,6,8,10,13,15,17H,5,7,9H2,1-2H3. The quantitative estimate of drug-likeness (QED) is 0.552. The molecule has 0 radical (unpaired) electrons. The van der Waals surface area contributed by atoms with E-state index < -0.39 is 0 Å². The first kappa shape index (κ1) is 13.8. The van der Waals surface area contributed by atoms with Crippen LogP contribution in [0.4, 0.5) is 0 Å². The fraction of sp³-hybridized carbons (Fsp3) is 0.538. The van der Waals surface area contributed by atoms with Gasteiger partial charge in [0.15, 0.2) is 5.78 Å². The van der Waals surface area contributed by atoms with Crippen molar-refractivity contribution in [2.24, 2.45) is 5.92 Å². The molecular weight excluding hydrogens is 216 g/mol. The van der Waals surface area contributed by atoms with Crippen LogP contribution in [0.3, 0.4) is 0 Å². The van der Waals surface area contributed by atoms with Crippen molar-refractivity contribution in [2.75, 3.05) is 13.1 Å². The van der Waals surface area contributed by atoms with Crippen molar-refractivity contribution in [3.8, 4) is 0 Å². The molecule has 0 fully saturated rings. The lowest BCUT2D eigenvalue weighted by Gasteiger charge is -2.14. The number of pyridine rings is 1. The zero-order valence-electron chi connectivity index (χ0n) is 10.4. The summed E-state index contributed by atoms with van der Waals surface area (Å²) in [5.41, 5.74) is 0.638. The normalized spacial score (nSPS) is 12.7. The molecule has 0 aliphatic heterocycles. The zero-order valence-corrected chi connectivity index (χ0v) is 10.4. The van der Waals surface area contributed by atoms with Crippen molar-refractivity contribution in [1.82, 2.24) is 10.3 Å². The summed E-state index contributed by atoms with van der Waals surface area (Å²) in [4.78, 5) is 15.6. The third-order valence-corrected chi connectivity index (χ3v) is 2.64. The number of carbonyl (C=O) groups excluding carboxylic acids is 1. The predicted octanol–water partition coefficient (Wildman–Crippen LogP) is 1.26. The van der Waals surface area contributed by atoms with Crippen molar-refractivity contribution >= 4 is 5.78 Å². The fourth-order valence-electron chi connectivity index (χ4n) is 1.36. The van der Waals surface area contributed by atoms with Gasteiger partial charge in [0.05, 0.1) is 6.10 Å². The summed E-state index contributed by atoms with van der Waals surface area (Å²) in [6.07, 6.45) is 3.29. The second kappa shape index (κ2) is 7.14. The number of rotatable bonds is 7.